The summed E-state index contributed by atoms with van der Waals surface area (Å²) in [5.74, 6) is 1.93. The van der Waals surface area contributed by atoms with Crippen LogP contribution < -0.4 is 15.4 Å². The summed E-state index contributed by atoms with van der Waals surface area (Å²) in [6.07, 6.45) is 7.35. The van der Waals surface area contributed by atoms with Gasteiger partial charge in [0.2, 0.25) is 0 Å². The number of nitrogens with zero attached hydrogens (tertiary/aromatic N) is 1. The Morgan fingerprint density at radius 2 is 1.86 bits per heavy atom. The minimum absolute atomic E-state index is 0. The molecule has 0 saturated heterocycles. The first kappa shape index (κ1) is 23.3. The number of halogens is 1. The third kappa shape index (κ3) is 5.53. The van der Waals surface area contributed by atoms with Gasteiger partial charge in [-0.3, -0.25) is 4.99 Å². The summed E-state index contributed by atoms with van der Waals surface area (Å²) in [6.45, 7) is 5.60. The fourth-order valence-corrected chi connectivity index (χ4v) is 4.10. The molecule has 6 heteroatoms. The van der Waals surface area contributed by atoms with Crippen molar-refractivity contribution in [2.24, 2.45) is 10.4 Å². The smallest absolute Gasteiger partial charge is 0.191 e. The van der Waals surface area contributed by atoms with Gasteiger partial charge in [0.25, 0.3) is 0 Å². The monoisotopic (exact) mass is 501 g/mol. The summed E-state index contributed by atoms with van der Waals surface area (Å²) in [6, 6.07) is 8.40. The van der Waals surface area contributed by atoms with Gasteiger partial charge in [-0.05, 0) is 50.5 Å². The van der Waals surface area contributed by atoms with Crippen molar-refractivity contribution >= 4 is 29.9 Å². The summed E-state index contributed by atoms with van der Waals surface area (Å²) in [7, 11) is 3.54. The molecule has 0 radical (unpaired) electrons. The maximum Gasteiger partial charge on any atom is 0.191 e. The molecule has 0 bridgehead atoms. The number of hydrogen-bond donors (Lipinski definition) is 2. The van der Waals surface area contributed by atoms with Crippen molar-refractivity contribution in [2.75, 3.05) is 40.5 Å². The third-order valence-electron chi connectivity index (χ3n) is 6.29. The van der Waals surface area contributed by atoms with Crippen LogP contribution in [0.3, 0.4) is 0 Å². The zero-order valence-corrected chi connectivity index (χ0v) is 19.9. The molecule has 0 spiro atoms. The summed E-state index contributed by atoms with van der Waals surface area (Å²) in [4.78, 5) is 4.94. The van der Waals surface area contributed by atoms with E-state index in [4.69, 9.17) is 14.5 Å². The lowest BCUT2D eigenvalue weighted by Gasteiger charge is -2.40. The van der Waals surface area contributed by atoms with Gasteiger partial charge in [0.1, 0.15) is 5.75 Å². The van der Waals surface area contributed by atoms with Crippen molar-refractivity contribution in [2.45, 2.75) is 50.9 Å². The van der Waals surface area contributed by atoms with E-state index < -0.39 is 0 Å². The number of rotatable bonds is 10. The Morgan fingerprint density at radius 3 is 2.43 bits per heavy atom. The molecule has 0 aliphatic heterocycles. The van der Waals surface area contributed by atoms with Gasteiger partial charge in [0, 0.05) is 44.3 Å². The molecule has 5 nitrogen and oxygen atoms in total. The molecular formula is C22H36IN3O2. The molecule has 0 unspecified atom stereocenters. The Kier molecular flexibility index (Phi) is 8.86. The van der Waals surface area contributed by atoms with E-state index in [0.717, 1.165) is 44.4 Å². The highest BCUT2D eigenvalue weighted by Crippen LogP contribution is 2.50. The van der Waals surface area contributed by atoms with Gasteiger partial charge in [0.05, 0.1) is 7.11 Å². The van der Waals surface area contributed by atoms with Gasteiger partial charge in [0.15, 0.2) is 5.96 Å². The predicted octanol–water partition coefficient (Wildman–Crippen LogP) is 4.11. The highest BCUT2D eigenvalue weighted by molar-refractivity contribution is 14.0. The van der Waals surface area contributed by atoms with Gasteiger partial charge in [-0.2, -0.15) is 0 Å². The third-order valence-corrected chi connectivity index (χ3v) is 6.29. The lowest BCUT2D eigenvalue weighted by Crippen LogP contribution is -2.43. The maximum atomic E-state index is 5.59. The number of guanidine groups is 1. The van der Waals surface area contributed by atoms with Crippen LogP contribution in [-0.2, 0) is 10.2 Å². The summed E-state index contributed by atoms with van der Waals surface area (Å²) >= 11 is 0. The van der Waals surface area contributed by atoms with Crippen molar-refractivity contribution in [1.82, 2.24) is 10.6 Å². The Bertz CT molecular complexity index is 642. The lowest BCUT2D eigenvalue weighted by atomic mass is 9.67. The molecule has 2 N–H and O–H groups in total. The second-order valence-corrected chi connectivity index (χ2v) is 8.13. The van der Waals surface area contributed by atoms with Crippen molar-refractivity contribution in [1.29, 1.82) is 0 Å². The van der Waals surface area contributed by atoms with E-state index in [9.17, 15) is 0 Å². The van der Waals surface area contributed by atoms with E-state index in [1.165, 1.54) is 37.7 Å². The van der Waals surface area contributed by atoms with E-state index in [-0.39, 0.29) is 29.4 Å². The quantitative estimate of drug-likeness (QED) is 0.288. The van der Waals surface area contributed by atoms with Crippen molar-refractivity contribution < 1.29 is 9.47 Å². The zero-order chi connectivity index (χ0) is 19.2. The first-order valence-electron chi connectivity index (χ1n) is 10.3. The SMILES string of the molecule is CCNC(=NCC1(CCOC)CCC1)NCC1(c2ccccc2OC)CC1.I. The van der Waals surface area contributed by atoms with Gasteiger partial charge in [-0.15, -0.1) is 24.0 Å². The fraction of sp³-hybridized carbons (Fsp3) is 0.682. The Labute approximate surface area is 187 Å². The number of para-hydroxylation sites is 1. The summed E-state index contributed by atoms with van der Waals surface area (Å²) in [5, 5.41) is 7.02. The molecule has 28 heavy (non-hydrogen) atoms. The Hall–Kier alpha value is -1.02. The van der Waals surface area contributed by atoms with Gasteiger partial charge in [-0.25, -0.2) is 0 Å². The van der Waals surface area contributed by atoms with Gasteiger partial charge >= 0.3 is 0 Å². The second kappa shape index (κ2) is 10.7. The molecule has 2 fully saturated rings. The van der Waals surface area contributed by atoms with Crippen molar-refractivity contribution in [3.8, 4) is 5.75 Å². The van der Waals surface area contributed by atoms with Crippen molar-refractivity contribution in [3.05, 3.63) is 29.8 Å². The number of aliphatic imine (C=N–C) groups is 1. The minimum atomic E-state index is 0. The largest absolute Gasteiger partial charge is 0.496 e. The molecule has 0 aromatic heterocycles. The van der Waals surface area contributed by atoms with Crippen LogP contribution in [0.25, 0.3) is 0 Å². The van der Waals surface area contributed by atoms with Crippen LogP contribution in [0, 0.1) is 5.41 Å². The molecule has 1 aromatic rings. The van der Waals surface area contributed by atoms with Crippen LogP contribution in [0.2, 0.25) is 0 Å². The highest BCUT2D eigenvalue weighted by atomic mass is 127. The molecule has 2 saturated carbocycles. The molecule has 3 rings (SSSR count). The maximum absolute atomic E-state index is 5.59. The van der Waals surface area contributed by atoms with E-state index in [0.29, 0.717) is 5.41 Å². The van der Waals surface area contributed by atoms with Crippen molar-refractivity contribution in [3.63, 3.8) is 0 Å². The number of hydrogen-bond acceptors (Lipinski definition) is 3. The Morgan fingerprint density at radius 1 is 1.11 bits per heavy atom. The molecule has 0 atom stereocenters. The topological polar surface area (TPSA) is 54.9 Å². The summed E-state index contributed by atoms with van der Waals surface area (Å²) in [5.41, 5.74) is 1.83. The van der Waals surface area contributed by atoms with E-state index in [1.807, 2.05) is 6.07 Å². The van der Waals surface area contributed by atoms with Gasteiger partial charge < -0.3 is 20.1 Å². The highest BCUT2D eigenvalue weighted by Gasteiger charge is 2.46. The molecule has 158 valence electrons. The summed E-state index contributed by atoms with van der Waals surface area (Å²) < 4.78 is 10.9. The average Bonchev–Trinajstić information content (AvgIpc) is 3.46. The van der Waals surface area contributed by atoms with E-state index >= 15 is 0 Å². The molecule has 0 heterocycles. The van der Waals surface area contributed by atoms with Gasteiger partial charge in [-0.1, -0.05) is 24.6 Å². The Balaban J connectivity index is 0.00000280. The van der Waals surface area contributed by atoms with E-state index in [2.05, 4.69) is 35.8 Å². The standard InChI is InChI=1S/C22H35N3O2.HI/c1-4-23-20(24-16-21(10-7-11-21)14-15-26-2)25-17-22(12-13-22)18-8-5-6-9-19(18)27-3;/h5-6,8-9H,4,7,10-17H2,1-3H3,(H2,23,24,25);1H. The molecular weight excluding hydrogens is 465 g/mol. The second-order valence-electron chi connectivity index (χ2n) is 8.13. The molecule has 0 amide bonds. The first-order chi connectivity index (χ1) is 13.2. The fourth-order valence-electron chi connectivity index (χ4n) is 4.10. The van der Waals surface area contributed by atoms with Crippen LogP contribution in [0.15, 0.2) is 29.3 Å². The minimum Gasteiger partial charge on any atom is -0.496 e. The number of benzene rings is 1. The molecule has 1 aromatic carbocycles. The lowest BCUT2D eigenvalue weighted by molar-refractivity contribution is 0.0778. The number of methoxy groups -OCH3 is 2. The van der Waals surface area contributed by atoms with E-state index in [1.54, 1.807) is 14.2 Å². The van der Waals surface area contributed by atoms with Crippen LogP contribution in [0.1, 0.15) is 51.0 Å². The number of ether oxygens (including phenoxy) is 2. The predicted molar refractivity (Wildman–Crippen MR) is 126 cm³/mol. The van der Waals surface area contributed by atoms with Crippen LogP contribution >= 0.6 is 24.0 Å². The van der Waals surface area contributed by atoms with Crippen LogP contribution in [-0.4, -0.2) is 46.4 Å². The normalized spacial score (nSPS) is 19.2. The van der Waals surface area contributed by atoms with Crippen LogP contribution in [0.4, 0.5) is 0 Å². The average molecular weight is 501 g/mol. The molecule has 2 aliphatic carbocycles. The van der Waals surface area contributed by atoms with Crippen LogP contribution in [0.5, 0.6) is 5.75 Å². The first-order valence-corrected chi connectivity index (χ1v) is 10.3. The zero-order valence-electron chi connectivity index (χ0n) is 17.6. The molecule has 2 aliphatic rings. The number of nitrogens with one attached hydrogen (secondary N) is 2.